The Bertz CT molecular complexity index is 1370. The third-order valence-corrected chi connectivity index (χ3v) is 6.89. The number of fused-ring (bicyclic) bond motifs is 1. The normalized spacial score (nSPS) is 14.4. The predicted octanol–water partition coefficient (Wildman–Crippen LogP) is 3.01. The summed E-state index contributed by atoms with van der Waals surface area (Å²) in [7, 11) is 0. The number of ether oxygens (including phenoxy) is 1. The molecule has 5 rings (SSSR count). The molecule has 11 nitrogen and oxygen atoms in total. The number of amides is 1. The quantitative estimate of drug-likeness (QED) is 0.231. The van der Waals surface area contributed by atoms with Crippen LogP contribution in [0.15, 0.2) is 72.8 Å². The Hall–Kier alpha value is -4.35. The summed E-state index contributed by atoms with van der Waals surface area (Å²) in [5, 5.41) is 26.5. The van der Waals surface area contributed by atoms with Crippen LogP contribution in [-0.2, 0) is 9.53 Å². The monoisotopic (exact) mass is 543 g/mol. The molecule has 4 aromatic rings. The molecule has 3 N–H and O–H groups in total. The number of aliphatic carboxylic acids is 1. The number of carbonyl (C=O) groups excluding carboxylic acids is 1. The summed E-state index contributed by atoms with van der Waals surface area (Å²) in [5.74, 6) is -1.27. The molecular weight excluding hydrogens is 510 g/mol. The molecule has 1 aliphatic heterocycles. The zero-order chi connectivity index (χ0) is 27.7. The summed E-state index contributed by atoms with van der Waals surface area (Å²) < 4.78 is 7.97. The number of nitrogens with one attached hydrogen (secondary N) is 2. The number of anilines is 1. The highest BCUT2D eigenvalue weighted by Gasteiger charge is 2.24. The summed E-state index contributed by atoms with van der Waals surface area (Å²) >= 11 is 0. The van der Waals surface area contributed by atoms with Crippen LogP contribution in [0, 0.1) is 0 Å². The van der Waals surface area contributed by atoms with Crippen LogP contribution in [0.4, 0.5) is 5.82 Å². The van der Waals surface area contributed by atoms with Crippen LogP contribution in [0.25, 0.3) is 5.65 Å². The molecule has 40 heavy (non-hydrogen) atoms. The summed E-state index contributed by atoms with van der Waals surface area (Å²) in [6, 6.07) is 24.3. The first-order valence-electron chi connectivity index (χ1n) is 13.5. The summed E-state index contributed by atoms with van der Waals surface area (Å²) in [6.07, 6.45) is 3.05. The van der Waals surface area contributed by atoms with Crippen molar-refractivity contribution in [2.75, 3.05) is 38.0 Å². The number of rotatable bonds is 12. The number of aromatic nitrogens is 4. The van der Waals surface area contributed by atoms with Crippen molar-refractivity contribution in [2.45, 2.75) is 31.5 Å². The summed E-state index contributed by atoms with van der Waals surface area (Å²) in [4.78, 5) is 25.4. The van der Waals surface area contributed by atoms with Gasteiger partial charge in [0, 0.05) is 19.6 Å². The largest absolute Gasteiger partial charge is 0.480 e. The molecule has 1 amide bonds. The van der Waals surface area contributed by atoms with Crippen LogP contribution < -0.4 is 10.6 Å². The van der Waals surface area contributed by atoms with Gasteiger partial charge in [0.2, 0.25) is 5.82 Å². The Kier molecular flexibility index (Phi) is 8.94. The van der Waals surface area contributed by atoms with E-state index in [4.69, 9.17) is 9.84 Å². The third-order valence-electron chi connectivity index (χ3n) is 6.89. The molecule has 1 fully saturated rings. The topological polar surface area (TPSA) is 134 Å². The minimum absolute atomic E-state index is 0.0632. The van der Waals surface area contributed by atoms with Crippen molar-refractivity contribution < 1.29 is 19.4 Å². The van der Waals surface area contributed by atoms with Crippen LogP contribution in [0.1, 0.15) is 47.1 Å². The minimum Gasteiger partial charge on any atom is -0.480 e. The smallest absolute Gasteiger partial charge is 0.322 e. The molecule has 1 aliphatic rings. The van der Waals surface area contributed by atoms with Crippen molar-refractivity contribution in [3.63, 3.8) is 0 Å². The molecule has 208 valence electrons. The van der Waals surface area contributed by atoms with Gasteiger partial charge in [-0.1, -0.05) is 60.7 Å². The number of hydrogen-bond donors (Lipinski definition) is 3. The number of nitrogens with zero attached hydrogens (tertiary/aromatic N) is 5. The van der Waals surface area contributed by atoms with E-state index >= 15 is 0 Å². The third kappa shape index (κ3) is 6.99. The van der Waals surface area contributed by atoms with E-state index in [1.807, 2.05) is 12.1 Å². The summed E-state index contributed by atoms with van der Waals surface area (Å²) in [6.45, 7) is 3.14. The average molecular weight is 544 g/mol. The van der Waals surface area contributed by atoms with Gasteiger partial charge in [0.25, 0.3) is 5.91 Å². The fourth-order valence-corrected chi connectivity index (χ4v) is 4.85. The van der Waals surface area contributed by atoms with Crippen molar-refractivity contribution in [1.82, 2.24) is 30.0 Å². The number of benzene rings is 2. The minimum atomic E-state index is -1.14. The van der Waals surface area contributed by atoms with Gasteiger partial charge < -0.3 is 25.4 Å². The van der Waals surface area contributed by atoms with Crippen molar-refractivity contribution in [1.29, 1.82) is 0 Å². The van der Waals surface area contributed by atoms with E-state index in [0.717, 1.165) is 38.9 Å². The van der Waals surface area contributed by atoms with E-state index in [1.165, 1.54) is 15.6 Å². The molecule has 0 saturated carbocycles. The lowest BCUT2D eigenvalue weighted by atomic mass is 10.00. The van der Waals surface area contributed by atoms with Crippen LogP contribution in [0.3, 0.4) is 0 Å². The maximum atomic E-state index is 12.2. The van der Waals surface area contributed by atoms with Crippen LogP contribution in [0.5, 0.6) is 0 Å². The Morgan fingerprint density at radius 2 is 1.62 bits per heavy atom. The van der Waals surface area contributed by atoms with Gasteiger partial charge in [0.1, 0.15) is 18.5 Å². The van der Waals surface area contributed by atoms with Gasteiger partial charge in [-0.25, -0.2) is 0 Å². The van der Waals surface area contributed by atoms with E-state index in [0.29, 0.717) is 18.0 Å². The van der Waals surface area contributed by atoms with Gasteiger partial charge in [0.05, 0.1) is 6.10 Å². The summed E-state index contributed by atoms with van der Waals surface area (Å²) in [5.41, 5.74) is 2.75. The number of carboxylic acid groups (broad SMARTS) is 1. The number of carbonyl (C=O) groups is 2. The molecule has 0 unspecified atom stereocenters. The van der Waals surface area contributed by atoms with Gasteiger partial charge in [-0.3, -0.25) is 9.59 Å². The lowest BCUT2D eigenvalue weighted by molar-refractivity contribution is -0.135. The zero-order valence-electron chi connectivity index (χ0n) is 22.1. The highest BCUT2D eigenvalue weighted by Crippen LogP contribution is 2.30. The second-order valence-corrected chi connectivity index (χ2v) is 9.75. The lowest BCUT2D eigenvalue weighted by Gasteiger charge is -2.34. The molecule has 1 saturated heterocycles. The highest BCUT2D eigenvalue weighted by atomic mass is 16.5. The fraction of sp³-hybridized carbons (Fsp3) is 0.345. The van der Waals surface area contributed by atoms with E-state index in [9.17, 15) is 9.59 Å². The van der Waals surface area contributed by atoms with E-state index < -0.39 is 18.4 Å². The molecule has 0 radical (unpaired) electrons. The molecule has 0 bridgehead atoms. The molecule has 2 aromatic carbocycles. The standard InChI is InChI=1S/C29H33N7O4/c37-26(38)20-31-29(39)28-33-32-25-13-12-24(34-36(25)28)30-16-7-17-35-18-14-23(15-19-35)40-27(21-8-3-1-4-9-21)22-10-5-2-6-11-22/h1-6,8-13,23,27H,7,14-20H2,(H,30,34)(H,31,39)(H,37,38). The average Bonchev–Trinajstić information content (AvgIpc) is 3.42. The van der Waals surface area contributed by atoms with Gasteiger partial charge in [0.15, 0.2) is 5.65 Å². The first kappa shape index (κ1) is 27.2. The first-order valence-corrected chi connectivity index (χ1v) is 13.5. The molecule has 2 aromatic heterocycles. The van der Waals surface area contributed by atoms with Crippen molar-refractivity contribution in [3.8, 4) is 0 Å². The number of piperidine rings is 1. The van der Waals surface area contributed by atoms with Crippen LogP contribution in [0.2, 0.25) is 0 Å². The van der Waals surface area contributed by atoms with Crippen molar-refractivity contribution in [3.05, 3.63) is 89.7 Å². The maximum absolute atomic E-state index is 12.2. The fourth-order valence-electron chi connectivity index (χ4n) is 4.85. The SMILES string of the molecule is O=C(O)CNC(=O)c1nnc2ccc(NCCCN3CCC(OC(c4ccccc4)c4ccccc4)CC3)nn12. The van der Waals surface area contributed by atoms with Gasteiger partial charge in [-0.2, -0.15) is 4.52 Å². The molecule has 0 spiro atoms. The van der Waals surface area contributed by atoms with E-state index in [1.54, 1.807) is 12.1 Å². The molecule has 0 aliphatic carbocycles. The van der Waals surface area contributed by atoms with Crippen molar-refractivity contribution >= 4 is 23.3 Å². The number of hydrogen-bond acceptors (Lipinski definition) is 8. The van der Waals surface area contributed by atoms with Crippen molar-refractivity contribution in [2.24, 2.45) is 0 Å². The second-order valence-electron chi connectivity index (χ2n) is 9.75. The van der Waals surface area contributed by atoms with Crippen LogP contribution in [-0.4, -0.2) is 80.5 Å². The molecular formula is C29H33N7O4. The predicted molar refractivity (Wildman–Crippen MR) is 149 cm³/mol. The Morgan fingerprint density at radius 1 is 0.950 bits per heavy atom. The molecule has 0 atom stereocenters. The lowest BCUT2D eigenvalue weighted by Crippen LogP contribution is -2.38. The Balaban J connectivity index is 1.08. The van der Waals surface area contributed by atoms with E-state index in [2.05, 4.69) is 79.4 Å². The van der Waals surface area contributed by atoms with Gasteiger partial charge in [-0.05, 0) is 49.1 Å². The highest BCUT2D eigenvalue weighted by molar-refractivity contribution is 5.93. The van der Waals surface area contributed by atoms with Gasteiger partial charge in [-0.15, -0.1) is 15.3 Å². The van der Waals surface area contributed by atoms with E-state index in [-0.39, 0.29) is 18.0 Å². The number of likely N-dealkylation sites (tertiary alicyclic amines) is 1. The Labute approximate surface area is 232 Å². The number of carboxylic acids is 1. The maximum Gasteiger partial charge on any atom is 0.322 e. The van der Waals surface area contributed by atoms with Crippen LogP contribution >= 0.6 is 0 Å². The molecule has 3 heterocycles. The zero-order valence-corrected chi connectivity index (χ0v) is 22.1. The Morgan fingerprint density at radius 3 is 2.27 bits per heavy atom. The van der Waals surface area contributed by atoms with Gasteiger partial charge >= 0.3 is 5.97 Å². The first-order chi connectivity index (χ1) is 19.6. The molecule has 11 heteroatoms. The second kappa shape index (κ2) is 13.1.